The second-order valence-corrected chi connectivity index (χ2v) is 5.64. The zero-order chi connectivity index (χ0) is 13.9. The summed E-state index contributed by atoms with van der Waals surface area (Å²) in [7, 11) is 3.76. The summed E-state index contributed by atoms with van der Waals surface area (Å²) in [6, 6.07) is 16.3. The molecule has 0 aliphatic carbocycles. The summed E-state index contributed by atoms with van der Waals surface area (Å²) < 4.78 is 6.61. The van der Waals surface area contributed by atoms with Crippen molar-refractivity contribution >= 4 is 26.7 Å². The van der Waals surface area contributed by atoms with Crippen LogP contribution < -0.4 is 9.64 Å². The Labute approximate surface area is 122 Å². The molecule has 3 nitrogen and oxygen atoms in total. The Hall–Kier alpha value is -2.07. The average molecular weight is 284 g/mol. The molecule has 0 unspecified atom stereocenters. The summed E-state index contributed by atoms with van der Waals surface area (Å²) in [4.78, 5) is 6.82. The minimum Gasteiger partial charge on any atom is -0.496 e. The van der Waals surface area contributed by atoms with E-state index >= 15 is 0 Å². The molecule has 0 aliphatic rings. The number of aromatic nitrogens is 1. The molecule has 0 aliphatic heterocycles. The van der Waals surface area contributed by atoms with Gasteiger partial charge in [0.1, 0.15) is 5.75 Å². The van der Waals surface area contributed by atoms with E-state index in [4.69, 9.17) is 4.74 Å². The molecular weight excluding hydrogens is 268 g/mol. The van der Waals surface area contributed by atoms with Crippen molar-refractivity contribution in [3.63, 3.8) is 0 Å². The number of rotatable bonds is 4. The smallest absolute Gasteiger partial charge is 0.186 e. The van der Waals surface area contributed by atoms with Crippen LogP contribution in [0.4, 0.5) is 5.13 Å². The number of ether oxygens (including phenoxy) is 1. The minimum atomic E-state index is 0.782. The largest absolute Gasteiger partial charge is 0.496 e. The summed E-state index contributed by atoms with van der Waals surface area (Å²) >= 11 is 1.71. The first kappa shape index (κ1) is 12.9. The van der Waals surface area contributed by atoms with Crippen molar-refractivity contribution in [2.24, 2.45) is 0 Å². The molecule has 0 saturated carbocycles. The number of nitrogens with zero attached hydrogens (tertiary/aromatic N) is 2. The summed E-state index contributed by atoms with van der Waals surface area (Å²) in [5.41, 5.74) is 2.22. The number of benzene rings is 2. The van der Waals surface area contributed by atoms with E-state index in [9.17, 15) is 0 Å². The quantitative estimate of drug-likeness (QED) is 0.725. The van der Waals surface area contributed by atoms with Crippen molar-refractivity contribution < 1.29 is 4.74 Å². The van der Waals surface area contributed by atoms with Gasteiger partial charge in [-0.25, -0.2) is 4.98 Å². The summed E-state index contributed by atoms with van der Waals surface area (Å²) in [6.45, 7) is 0.782. The van der Waals surface area contributed by atoms with E-state index in [-0.39, 0.29) is 0 Å². The standard InChI is InChI=1S/C16H16N2OS/c1-18(11-12-7-3-5-9-14(12)19-2)16-17-13-8-4-6-10-15(13)20-16/h3-10H,11H2,1-2H3. The highest BCUT2D eigenvalue weighted by Crippen LogP contribution is 2.29. The molecule has 0 bridgehead atoms. The fourth-order valence-electron chi connectivity index (χ4n) is 2.18. The summed E-state index contributed by atoms with van der Waals surface area (Å²) in [5.74, 6) is 0.917. The predicted molar refractivity (Wildman–Crippen MR) is 84.7 cm³/mol. The van der Waals surface area contributed by atoms with Gasteiger partial charge in [-0.2, -0.15) is 0 Å². The van der Waals surface area contributed by atoms with Crippen molar-refractivity contribution in [1.29, 1.82) is 0 Å². The fraction of sp³-hybridized carbons (Fsp3) is 0.188. The Morgan fingerprint density at radius 2 is 1.85 bits per heavy atom. The molecule has 20 heavy (non-hydrogen) atoms. The van der Waals surface area contributed by atoms with Crippen LogP contribution in [0.1, 0.15) is 5.56 Å². The van der Waals surface area contributed by atoms with Crippen LogP contribution in [0.5, 0.6) is 5.75 Å². The Bertz CT molecular complexity index is 690. The molecule has 0 radical (unpaired) electrons. The molecule has 0 spiro atoms. The number of fused-ring (bicyclic) bond motifs is 1. The monoisotopic (exact) mass is 284 g/mol. The van der Waals surface area contributed by atoms with Crippen molar-refractivity contribution in [3.05, 3.63) is 54.1 Å². The van der Waals surface area contributed by atoms with Crippen LogP contribution in [0, 0.1) is 0 Å². The molecule has 102 valence electrons. The number of hydrogen-bond acceptors (Lipinski definition) is 4. The first-order valence-electron chi connectivity index (χ1n) is 6.46. The maximum absolute atomic E-state index is 5.40. The molecule has 0 N–H and O–H groups in total. The van der Waals surface area contributed by atoms with Crippen LogP contribution >= 0.6 is 11.3 Å². The third-order valence-corrected chi connectivity index (χ3v) is 4.36. The van der Waals surface area contributed by atoms with Crippen molar-refractivity contribution in [1.82, 2.24) is 4.98 Å². The summed E-state index contributed by atoms with van der Waals surface area (Å²) in [6.07, 6.45) is 0. The van der Waals surface area contributed by atoms with Crippen molar-refractivity contribution in [3.8, 4) is 5.75 Å². The molecule has 0 saturated heterocycles. The highest BCUT2D eigenvalue weighted by molar-refractivity contribution is 7.22. The van der Waals surface area contributed by atoms with Crippen molar-refractivity contribution in [2.45, 2.75) is 6.54 Å². The summed E-state index contributed by atoms with van der Waals surface area (Å²) in [5, 5.41) is 1.03. The maximum atomic E-state index is 5.40. The molecular formula is C16H16N2OS. The highest BCUT2D eigenvalue weighted by Gasteiger charge is 2.10. The van der Waals surface area contributed by atoms with Gasteiger partial charge in [0.2, 0.25) is 0 Å². The minimum absolute atomic E-state index is 0.782. The Kier molecular flexibility index (Phi) is 3.56. The van der Waals surface area contributed by atoms with Crippen LogP contribution in [0.25, 0.3) is 10.2 Å². The second kappa shape index (κ2) is 5.51. The topological polar surface area (TPSA) is 25.4 Å². The van der Waals surface area contributed by atoms with E-state index in [0.717, 1.165) is 28.5 Å². The van der Waals surface area contributed by atoms with Gasteiger partial charge < -0.3 is 9.64 Å². The third kappa shape index (κ3) is 2.47. The fourth-order valence-corrected chi connectivity index (χ4v) is 3.11. The Morgan fingerprint density at radius 1 is 1.10 bits per heavy atom. The maximum Gasteiger partial charge on any atom is 0.186 e. The van der Waals surface area contributed by atoms with Gasteiger partial charge in [0, 0.05) is 19.2 Å². The molecule has 1 aromatic heterocycles. The van der Waals surface area contributed by atoms with Crippen LogP contribution in [0.3, 0.4) is 0 Å². The number of para-hydroxylation sites is 2. The van der Waals surface area contributed by atoms with Gasteiger partial charge in [0.25, 0.3) is 0 Å². The van der Waals surface area contributed by atoms with E-state index in [1.54, 1.807) is 18.4 Å². The predicted octanol–water partition coefficient (Wildman–Crippen LogP) is 3.94. The Balaban J connectivity index is 1.87. The lowest BCUT2D eigenvalue weighted by Crippen LogP contribution is -2.16. The van der Waals surface area contributed by atoms with Gasteiger partial charge in [-0.15, -0.1) is 0 Å². The van der Waals surface area contributed by atoms with E-state index in [0.29, 0.717) is 0 Å². The molecule has 3 aromatic rings. The number of methoxy groups -OCH3 is 1. The Morgan fingerprint density at radius 3 is 2.65 bits per heavy atom. The van der Waals surface area contributed by atoms with E-state index in [1.807, 2.05) is 36.4 Å². The van der Waals surface area contributed by atoms with Gasteiger partial charge in [-0.3, -0.25) is 0 Å². The van der Waals surface area contributed by atoms with Crippen LogP contribution in [-0.4, -0.2) is 19.1 Å². The number of thiazole rings is 1. The van der Waals surface area contributed by atoms with Crippen LogP contribution in [-0.2, 0) is 6.54 Å². The molecule has 1 heterocycles. The highest BCUT2D eigenvalue weighted by atomic mass is 32.1. The molecule has 3 rings (SSSR count). The van der Waals surface area contributed by atoms with E-state index in [2.05, 4.69) is 29.1 Å². The van der Waals surface area contributed by atoms with E-state index in [1.165, 1.54) is 4.70 Å². The normalized spacial score (nSPS) is 10.7. The van der Waals surface area contributed by atoms with E-state index < -0.39 is 0 Å². The van der Waals surface area contributed by atoms with Crippen molar-refractivity contribution in [2.75, 3.05) is 19.1 Å². The number of anilines is 1. The van der Waals surface area contributed by atoms with Gasteiger partial charge in [-0.1, -0.05) is 41.7 Å². The number of hydrogen-bond donors (Lipinski definition) is 0. The van der Waals surface area contributed by atoms with Gasteiger partial charge in [0.15, 0.2) is 5.13 Å². The molecule has 0 amide bonds. The van der Waals surface area contributed by atoms with Gasteiger partial charge >= 0.3 is 0 Å². The molecule has 0 atom stereocenters. The first-order chi connectivity index (χ1) is 9.78. The second-order valence-electron chi connectivity index (χ2n) is 4.63. The zero-order valence-corrected chi connectivity index (χ0v) is 12.4. The SMILES string of the molecule is COc1ccccc1CN(C)c1nc2ccccc2s1. The molecule has 4 heteroatoms. The average Bonchev–Trinajstić information content (AvgIpc) is 2.92. The van der Waals surface area contributed by atoms with Gasteiger partial charge in [0.05, 0.1) is 17.3 Å². The van der Waals surface area contributed by atoms with Crippen LogP contribution in [0.2, 0.25) is 0 Å². The zero-order valence-electron chi connectivity index (χ0n) is 11.5. The first-order valence-corrected chi connectivity index (χ1v) is 7.28. The molecule has 0 fully saturated rings. The lowest BCUT2D eigenvalue weighted by Gasteiger charge is -2.17. The van der Waals surface area contributed by atoms with Gasteiger partial charge in [-0.05, 0) is 18.2 Å². The lowest BCUT2D eigenvalue weighted by atomic mass is 10.2. The third-order valence-electron chi connectivity index (χ3n) is 3.21. The lowest BCUT2D eigenvalue weighted by molar-refractivity contribution is 0.409. The van der Waals surface area contributed by atoms with Crippen LogP contribution in [0.15, 0.2) is 48.5 Å². The molecule has 2 aromatic carbocycles.